The van der Waals surface area contributed by atoms with Gasteiger partial charge in [0.2, 0.25) is 11.8 Å². The fourth-order valence-corrected chi connectivity index (χ4v) is 1.70. The van der Waals surface area contributed by atoms with Crippen molar-refractivity contribution >= 4 is 29.7 Å². The molecule has 0 bridgehead atoms. The Labute approximate surface area is 115 Å². The minimum Gasteiger partial charge on any atom is -0.468 e. The molecule has 0 unspecified atom stereocenters. The summed E-state index contributed by atoms with van der Waals surface area (Å²) < 4.78 is 6.10. The standard InChI is InChI=1S/C10H17N3O5S/c1-6(14)12-8(10(2,3)19-13-17)9(16)11-5-7(15)18-4/h8H,5H2,1-4H3,(H,11,16)(H,12,14)/t8-/m1/s1. The van der Waals surface area contributed by atoms with Crippen LogP contribution in [-0.4, -0.2) is 42.2 Å². The zero-order valence-electron chi connectivity index (χ0n) is 11.2. The van der Waals surface area contributed by atoms with E-state index >= 15 is 0 Å². The third-order valence-corrected chi connectivity index (χ3v) is 2.99. The number of ether oxygens (including phenoxy) is 1. The van der Waals surface area contributed by atoms with E-state index in [4.69, 9.17) is 0 Å². The van der Waals surface area contributed by atoms with E-state index in [0.29, 0.717) is 11.9 Å². The highest BCUT2D eigenvalue weighted by Gasteiger charge is 2.37. The molecule has 9 heteroatoms. The van der Waals surface area contributed by atoms with Crippen molar-refractivity contribution < 1.29 is 19.1 Å². The maximum absolute atomic E-state index is 11.9. The Morgan fingerprint density at radius 3 is 2.37 bits per heavy atom. The van der Waals surface area contributed by atoms with Gasteiger partial charge in [-0.15, -0.1) is 4.91 Å². The maximum atomic E-state index is 11.9. The van der Waals surface area contributed by atoms with Gasteiger partial charge in [0.25, 0.3) is 0 Å². The molecule has 108 valence electrons. The lowest BCUT2D eigenvalue weighted by Gasteiger charge is -2.29. The smallest absolute Gasteiger partial charge is 0.325 e. The molecular weight excluding hydrogens is 274 g/mol. The first kappa shape index (κ1) is 17.4. The number of nitrogens with zero attached hydrogens (tertiary/aromatic N) is 1. The van der Waals surface area contributed by atoms with E-state index < -0.39 is 28.6 Å². The van der Waals surface area contributed by atoms with Crippen LogP contribution in [0.4, 0.5) is 0 Å². The summed E-state index contributed by atoms with van der Waals surface area (Å²) in [5.41, 5.74) is 0. The minimum absolute atomic E-state index is 0.319. The van der Waals surface area contributed by atoms with Crippen molar-refractivity contribution in [1.82, 2.24) is 10.6 Å². The van der Waals surface area contributed by atoms with Crippen LogP contribution in [0.2, 0.25) is 0 Å². The van der Waals surface area contributed by atoms with Gasteiger partial charge >= 0.3 is 5.97 Å². The largest absolute Gasteiger partial charge is 0.468 e. The molecule has 2 amide bonds. The van der Waals surface area contributed by atoms with Gasteiger partial charge in [0.05, 0.1) is 11.9 Å². The van der Waals surface area contributed by atoms with Crippen LogP contribution in [0.25, 0.3) is 0 Å². The maximum Gasteiger partial charge on any atom is 0.325 e. The Morgan fingerprint density at radius 2 is 1.95 bits per heavy atom. The van der Waals surface area contributed by atoms with Crippen molar-refractivity contribution in [1.29, 1.82) is 0 Å². The van der Waals surface area contributed by atoms with Gasteiger partial charge in [0.1, 0.15) is 12.6 Å². The van der Waals surface area contributed by atoms with E-state index in [-0.39, 0.29) is 6.54 Å². The third-order valence-electron chi connectivity index (χ3n) is 2.21. The number of esters is 1. The van der Waals surface area contributed by atoms with E-state index in [1.54, 1.807) is 13.8 Å². The van der Waals surface area contributed by atoms with Crippen LogP contribution in [0.5, 0.6) is 0 Å². The van der Waals surface area contributed by atoms with Gasteiger partial charge in [-0.1, -0.05) is 0 Å². The molecule has 0 aromatic heterocycles. The number of amides is 2. The molecule has 0 spiro atoms. The Morgan fingerprint density at radius 1 is 1.37 bits per heavy atom. The molecule has 0 rings (SSSR count). The van der Waals surface area contributed by atoms with Gasteiger partial charge in [0.15, 0.2) is 0 Å². The van der Waals surface area contributed by atoms with Gasteiger partial charge in [-0.05, 0) is 13.8 Å². The number of nitrogens with one attached hydrogen (secondary N) is 2. The van der Waals surface area contributed by atoms with Crippen LogP contribution >= 0.6 is 11.9 Å². The molecule has 0 heterocycles. The predicted octanol–water partition coefficient (Wildman–Crippen LogP) is -0.0265. The summed E-state index contributed by atoms with van der Waals surface area (Å²) >= 11 is 0.630. The predicted molar refractivity (Wildman–Crippen MR) is 70.1 cm³/mol. The number of rotatable bonds is 7. The molecule has 0 fully saturated rings. The number of nitroso groups, excluding NO2 is 1. The first-order valence-corrected chi connectivity index (χ1v) is 6.14. The average Bonchev–Trinajstić information content (AvgIpc) is 2.32. The van der Waals surface area contributed by atoms with Crippen molar-refractivity contribution in [3.8, 4) is 0 Å². The van der Waals surface area contributed by atoms with Gasteiger partial charge in [-0.2, -0.15) is 0 Å². The third kappa shape index (κ3) is 6.18. The lowest BCUT2D eigenvalue weighted by atomic mass is 10.0. The highest BCUT2D eigenvalue weighted by Crippen LogP contribution is 2.29. The highest BCUT2D eigenvalue weighted by molar-refractivity contribution is 7.99. The van der Waals surface area contributed by atoms with Crippen LogP contribution in [-0.2, 0) is 19.1 Å². The Balaban J connectivity index is 4.83. The number of methoxy groups -OCH3 is 1. The van der Waals surface area contributed by atoms with Crippen LogP contribution in [0, 0.1) is 4.91 Å². The summed E-state index contributed by atoms with van der Waals surface area (Å²) in [6.07, 6.45) is 0. The van der Waals surface area contributed by atoms with Crippen LogP contribution < -0.4 is 10.6 Å². The van der Waals surface area contributed by atoms with Crippen LogP contribution in [0.15, 0.2) is 4.58 Å². The summed E-state index contributed by atoms with van der Waals surface area (Å²) in [5.74, 6) is -1.64. The van der Waals surface area contributed by atoms with Crippen molar-refractivity contribution in [3.63, 3.8) is 0 Å². The number of carbonyl (C=O) groups excluding carboxylic acids is 3. The van der Waals surface area contributed by atoms with Gasteiger partial charge in [-0.3, -0.25) is 14.4 Å². The summed E-state index contributed by atoms with van der Waals surface area (Å²) in [6.45, 7) is 4.09. The molecule has 0 aromatic rings. The number of hydrogen-bond acceptors (Lipinski definition) is 7. The Kier molecular flexibility index (Phi) is 7.05. The summed E-state index contributed by atoms with van der Waals surface area (Å²) in [5, 5.41) is 4.74. The molecule has 1 atom stereocenters. The zero-order valence-corrected chi connectivity index (χ0v) is 12.0. The van der Waals surface area contributed by atoms with Crippen molar-refractivity contribution in [2.75, 3.05) is 13.7 Å². The van der Waals surface area contributed by atoms with Crippen molar-refractivity contribution in [2.45, 2.75) is 31.6 Å². The van der Waals surface area contributed by atoms with E-state index in [1.807, 2.05) is 0 Å². The molecule has 19 heavy (non-hydrogen) atoms. The molecule has 0 aliphatic carbocycles. The van der Waals surface area contributed by atoms with Crippen LogP contribution in [0.3, 0.4) is 0 Å². The second-order valence-corrected chi connectivity index (χ2v) is 5.58. The SMILES string of the molecule is COC(=O)CNC(=O)[C@@H](NC(C)=O)C(C)(C)SN=O. The second-order valence-electron chi connectivity index (χ2n) is 4.20. The summed E-state index contributed by atoms with van der Waals surface area (Å²) in [6, 6.07) is -1.00. The number of carbonyl (C=O) groups is 3. The molecule has 0 aliphatic rings. The molecule has 2 N–H and O–H groups in total. The number of hydrogen-bond donors (Lipinski definition) is 2. The van der Waals surface area contributed by atoms with Crippen molar-refractivity contribution in [3.05, 3.63) is 4.91 Å². The lowest BCUT2D eigenvalue weighted by Crippen LogP contribution is -2.56. The monoisotopic (exact) mass is 291 g/mol. The van der Waals surface area contributed by atoms with E-state index in [2.05, 4.69) is 20.0 Å². The molecule has 0 aromatic carbocycles. The summed E-state index contributed by atoms with van der Waals surface area (Å²) in [7, 11) is 1.19. The molecular formula is C10H17N3O5S. The first-order chi connectivity index (χ1) is 8.74. The Bertz CT molecular complexity index is 372. The van der Waals surface area contributed by atoms with E-state index in [1.165, 1.54) is 14.0 Å². The quantitative estimate of drug-likeness (QED) is 0.387. The van der Waals surface area contributed by atoms with E-state index in [9.17, 15) is 19.3 Å². The van der Waals surface area contributed by atoms with Gasteiger partial charge in [-0.25, -0.2) is 0 Å². The normalized spacial score (nSPS) is 12.2. The highest BCUT2D eigenvalue weighted by atomic mass is 32.2. The Hall–Kier alpha value is -1.64. The first-order valence-electron chi connectivity index (χ1n) is 5.37. The summed E-state index contributed by atoms with van der Waals surface area (Å²) in [4.78, 5) is 44.3. The van der Waals surface area contributed by atoms with Gasteiger partial charge < -0.3 is 15.4 Å². The van der Waals surface area contributed by atoms with Gasteiger partial charge in [0, 0.05) is 23.5 Å². The lowest BCUT2D eigenvalue weighted by molar-refractivity contribution is -0.141. The topological polar surface area (TPSA) is 114 Å². The van der Waals surface area contributed by atoms with Crippen LogP contribution in [0.1, 0.15) is 20.8 Å². The fraction of sp³-hybridized carbons (Fsp3) is 0.700. The zero-order chi connectivity index (χ0) is 15.1. The molecule has 8 nitrogen and oxygen atoms in total. The molecule has 0 saturated heterocycles. The van der Waals surface area contributed by atoms with E-state index in [0.717, 1.165) is 0 Å². The average molecular weight is 291 g/mol. The molecule has 0 saturated carbocycles. The minimum atomic E-state index is -1.00. The van der Waals surface area contributed by atoms with Crippen molar-refractivity contribution in [2.24, 2.45) is 4.58 Å². The molecule has 0 aliphatic heterocycles. The second kappa shape index (κ2) is 7.72. The fourth-order valence-electron chi connectivity index (χ4n) is 1.24. The molecule has 0 radical (unpaired) electrons.